The molecule has 72 valence electrons. The minimum Gasteiger partial charge on any atom is -0.393 e. The lowest BCUT2D eigenvalue weighted by molar-refractivity contribution is 0.182. The highest BCUT2D eigenvalue weighted by Gasteiger charge is 1.97. The molecule has 1 rings (SSSR count). The van der Waals surface area contributed by atoms with Crippen LogP contribution in [0.1, 0.15) is 25.3 Å². The zero-order valence-electron chi connectivity index (χ0n) is 7.83. The molecule has 0 spiro atoms. The number of hydrogen-bond donors (Lipinski definition) is 1. The van der Waals surface area contributed by atoms with Crippen LogP contribution in [-0.2, 0) is 6.42 Å². The molecule has 0 aliphatic carbocycles. The highest BCUT2D eigenvalue weighted by Crippen LogP contribution is 2.12. The maximum absolute atomic E-state index is 9.07. The van der Waals surface area contributed by atoms with Crippen LogP contribution in [0, 0.1) is 0 Å². The third-order valence-corrected chi connectivity index (χ3v) is 2.53. The lowest BCUT2D eigenvalue weighted by Gasteiger charge is -2.03. The topological polar surface area (TPSA) is 20.2 Å². The molecule has 0 aromatic heterocycles. The molecule has 0 bridgehead atoms. The second-order valence-electron chi connectivity index (χ2n) is 3.37. The van der Waals surface area contributed by atoms with E-state index in [4.69, 9.17) is 5.11 Å². The van der Waals surface area contributed by atoms with E-state index in [0.717, 1.165) is 23.7 Å². The molecule has 2 heteroatoms. The molecule has 0 aliphatic rings. The quantitative estimate of drug-likeness (QED) is 0.861. The Kier molecular flexibility index (Phi) is 4.46. The molecule has 1 nitrogen and oxygen atoms in total. The molecule has 0 saturated carbocycles. The van der Waals surface area contributed by atoms with Crippen molar-refractivity contribution in [2.45, 2.75) is 32.3 Å². The maximum atomic E-state index is 9.07. The number of halogens is 1. The van der Waals surface area contributed by atoms with Crippen LogP contribution in [0.25, 0.3) is 0 Å². The number of hydrogen-bond acceptors (Lipinski definition) is 1. The Morgan fingerprint density at radius 2 is 1.92 bits per heavy atom. The molecule has 0 fully saturated rings. The highest BCUT2D eigenvalue weighted by atomic mass is 79.9. The van der Waals surface area contributed by atoms with Crippen molar-refractivity contribution in [2.75, 3.05) is 0 Å². The Labute approximate surface area is 87.9 Å². The van der Waals surface area contributed by atoms with E-state index in [9.17, 15) is 0 Å². The number of benzene rings is 1. The normalized spacial score (nSPS) is 12.8. The lowest BCUT2D eigenvalue weighted by atomic mass is 10.1. The second-order valence-corrected chi connectivity index (χ2v) is 4.28. The molecule has 0 amide bonds. The van der Waals surface area contributed by atoms with Gasteiger partial charge in [-0.25, -0.2) is 0 Å². The average Bonchev–Trinajstić information content (AvgIpc) is 2.08. The SMILES string of the molecule is C[C@H](O)CCCc1ccc(Br)cc1. The molecule has 1 N–H and O–H groups in total. The van der Waals surface area contributed by atoms with E-state index in [1.165, 1.54) is 5.56 Å². The number of aliphatic hydroxyl groups is 1. The van der Waals surface area contributed by atoms with Gasteiger partial charge in [0.05, 0.1) is 6.10 Å². The third-order valence-electron chi connectivity index (χ3n) is 2.00. The summed E-state index contributed by atoms with van der Waals surface area (Å²) in [5, 5.41) is 9.07. The van der Waals surface area contributed by atoms with Gasteiger partial charge in [0.15, 0.2) is 0 Å². The van der Waals surface area contributed by atoms with Crippen molar-refractivity contribution in [3.05, 3.63) is 34.3 Å². The Hall–Kier alpha value is -0.340. The Morgan fingerprint density at radius 1 is 1.31 bits per heavy atom. The minimum atomic E-state index is -0.171. The first-order valence-electron chi connectivity index (χ1n) is 4.61. The van der Waals surface area contributed by atoms with Gasteiger partial charge in [0.2, 0.25) is 0 Å². The van der Waals surface area contributed by atoms with Gasteiger partial charge in [0, 0.05) is 4.47 Å². The van der Waals surface area contributed by atoms with Crippen molar-refractivity contribution in [2.24, 2.45) is 0 Å². The summed E-state index contributed by atoms with van der Waals surface area (Å²) in [6.07, 6.45) is 2.82. The monoisotopic (exact) mass is 242 g/mol. The molecular formula is C11H15BrO. The number of aliphatic hydroxyl groups excluding tert-OH is 1. The van der Waals surface area contributed by atoms with E-state index >= 15 is 0 Å². The Bertz CT molecular complexity index is 241. The molecular weight excluding hydrogens is 228 g/mol. The summed E-state index contributed by atoms with van der Waals surface area (Å²) >= 11 is 3.40. The smallest absolute Gasteiger partial charge is 0.0512 e. The molecule has 1 atom stereocenters. The summed E-state index contributed by atoms with van der Waals surface area (Å²) in [6, 6.07) is 8.34. The largest absolute Gasteiger partial charge is 0.393 e. The van der Waals surface area contributed by atoms with Crippen molar-refractivity contribution in [1.29, 1.82) is 0 Å². The Morgan fingerprint density at radius 3 is 2.46 bits per heavy atom. The van der Waals surface area contributed by atoms with Crippen molar-refractivity contribution >= 4 is 15.9 Å². The van der Waals surface area contributed by atoms with Crippen LogP contribution in [0.4, 0.5) is 0 Å². The predicted octanol–water partition coefficient (Wildman–Crippen LogP) is 3.15. The maximum Gasteiger partial charge on any atom is 0.0512 e. The van der Waals surface area contributed by atoms with Crippen LogP contribution in [-0.4, -0.2) is 11.2 Å². The lowest BCUT2D eigenvalue weighted by Crippen LogP contribution is -1.99. The van der Waals surface area contributed by atoms with Crippen molar-refractivity contribution in [1.82, 2.24) is 0 Å². The van der Waals surface area contributed by atoms with Crippen LogP contribution in [0.3, 0.4) is 0 Å². The summed E-state index contributed by atoms with van der Waals surface area (Å²) in [5.74, 6) is 0. The molecule has 0 aliphatic heterocycles. The first-order chi connectivity index (χ1) is 6.18. The van der Waals surface area contributed by atoms with E-state index in [1.54, 1.807) is 0 Å². The van der Waals surface area contributed by atoms with E-state index in [0.29, 0.717) is 0 Å². The van der Waals surface area contributed by atoms with Gasteiger partial charge in [-0.3, -0.25) is 0 Å². The molecule has 13 heavy (non-hydrogen) atoms. The van der Waals surface area contributed by atoms with Crippen molar-refractivity contribution in [3.63, 3.8) is 0 Å². The van der Waals surface area contributed by atoms with Crippen LogP contribution in [0.2, 0.25) is 0 Å². The van der Waals surface area contributed by atoms with Gasteiger partial charge in [-0.2, -0.15) is 0 Å². The minimum absolute atomic E-state index is 0.171. The van der Waals surface area contributed by atoms with Gasteiger partial charge in [-0.1, -0.05) is 28.1 Å². The van der Waals surface area contributed by atoms with Crippen molar-refractivity contribution in [3.8, 4) is 0 Å². The van der Waals surface area contributed by atoms with Gasteiger partial charge in [0.25, 0.3) is 0 Å². The van der Waals surface area contributed by atoms with Crippen LogP contribution >= 0.6 is 15.9 Å². The van der Waals surface area contributed by atoms with Crippen LogP contribution in [0.15, 0.2) is 28.7 Å². The first kappa shape index (κ1) is 10.7. The summed E-state index contributed by atoms with van der Waals surface area (Å²) in [4.78, 5) is 0. The summed E-state index contributed by atoms with van der Waals surface area (Å²) < 4.78 is 1.12. The molecule has 1 aromatic carbocycles. The fourth-order valence-corrected chi connectivity index (χ4v) is 1.52. The molecule has 0 radical (unpaired) electrons. The summed E-state index contributed by atoms with van der Waals surface area (Å²) in [6.45, 7) is 1.83. The van der Waals surface area contributed by atoms with E-state index in [2.05, 4.69) is 40.2 Å². The van der Waals surface area contributed by atoms with Crippen LogP contribution < -0.4 is 0 Å². The standard InChI is InChI=1S/C11H15BrO/c1-9(13)3-2-4-10-5-7-11(12)8-6-10/h5-9,13H,2-4H2,1H3/t9-/m0/s1. The van der Waals surface area contributed by atoms with Gasteiger partial charge >= 0.3 is 0 Å². The second kappa shape index (κ2) is 5.40. The van der Waals surface area contributed by atoms with Crippen LogP contribution in [0.5, 0.6) is 0 Å². The van der Waals surface area contributed by atoms with Crippen molar-refractivity contribution < 1.29 is 5.11 Å². The Balaban J connectivity index is 2.33. The summed E-state index contributed by atoms with van der Waals surface area (Å²) in [7, 11) is 0. The highest BCUT2D eigenvalue weighted by molar-refractivity contribution is 9.10. The van der Waals surface area contributed by atoms with E-state index < -0.39 is 0 Å². The molecule has 0 saturated heterocycles. The zero-order valence-corrected chi connectivity index (χ0v) is 9.42. The fourth-order valence-electron chi connectivity index (χ4n) is 1.25. The number of aryl methyl sites for hydroxylation is 1. The average molecular weight is 243 g/mol. The fraction of sp³-hybridized carbons (Fsp3) is 0.455. The molecule has 1 aromatic rings. The van der Waals surface area contributed by atoms with Gasteiger partial charge in [-0.15, -0.1) is 0 Å². The number of rotatable bonds is 4. The third kappa shape index (κ3) is 4.44. The van der Waals surface area contributed by atoms with Gasteiger partial charge in [0.1, 0.15) is 0 Å². The predicted molar refractivity (Wildman–Crippen MR) is 58.8 cm³/mol. The summed E-state index contributed by atoms with van der Waals surface area (Å²) in [5.41, 5.74) is 1.34. The van der Waals surface area contributed by atoms with E-state index in [-0.39, 0.29) is 6.10 Å². The molecule has 0 heterocycles. The van der Waals surface area contributed by atoms with Gasteiger partial charge in [-0.05, 0) is 43.9 Å². The first-order valence-corrected chi connectivity index (χ1v) is 5.40. The van der Waals surface area contributed by atoms with E-state index in [1.807, 2.05) is 6.92 Å². The van der Waals surface area contributed by atoms with Gasteiger partial charge < -0.3 is 5.11 Å². The molecule has 0 unspecified atom stereocenters. The zero-order chi connectivity index (χ0) is 9.68.